The first kappa shape index (κ1) is 34.4. The summed E-state index contributed by atoms with van der Waals surface area (Å²) in [5.74, 6) is -2.45. The van der Waals surface area contributed by atoms with E-state index in [2.05, 4.69) is 16.9 Å². The molecule has 5 atom stereocenters. The number of thiazole rings is 1. The van der Waals surface area contributed by atoms with Crippen molar-refractivity contribution in [2.75, 3.05) is 26.9 Å². The SMILES string of the molecule is C=CCOCN(C(=O)[C@@H](NC(=O)[C@H]1CCCCN1C)C(C)CC)[C@H](C[C@@H](OC(C)=O)c1nc(C(=O)O)cs1)C(C)C. The highest BCUT2D eigenvalue weighted by Crippen LogP contribution is 2.31. The zero-order valence-corrected chi connectivity index (χ0v) is 25.9. The van der Waals surface area contributed by atoms with Crippen molar-refractivity contribution in [1.82, 2.24) is 20.1 Å². The first-order valence-corrected chi connectivity index (χ1v) is 15.1. The maximum Gasteiger partial charge on any atom is 0.355 e. The van der Waals surface area contributed by atoms with Gasteiger partial charge in [-0.15, -0.1) is 17.9 Å². The number of esters is 1. The molecule has 2 rings (SSSR count). The monoisotopic (exact) mass is 594 g/mol. The molecule has 2 heterocycles. The normalized spacial score (nSPS) is 18.7. The van der Waals surface area contributed by atoms with Crippen LogP contribution in [0.4, 0.5) is 0 Å². The van der Waals surface area contributed by atoms with Gasteiger partial charge in [0.25, 0.3) is 0 Å². The molecule has 1 saturated heterocycles. The number of likely N-dealkylation sites (N-methyl/N-ethyl adjacent to an activating group) is 1. The lowest BCUT2D eigenvalue weighted by molar-refractivity contribution is -0.152. The van der Waals surface area contributed by atoms with Gasteiger partial charge in [-0.3, -0.25) is 19.3 Å². The van der Waals surface area contributed by atoms with Gasteiger partial charge < -0.3 is 24.8 Å². The Kier molecular flexibility index (Phi) is 13.9. The van der Waals surface area contributed by atoms with E-state index in [-0.39, 0.29) is 55.1 Å². The van der Waals surface area contributed by atoms with E-state index < -0.39 is 30.1 Å². The predicted octanol–water partition coefficient (Wildman–Crippen LogP) is 3.86. The Morgan fingerprint density at radius 2 is 2.00 bits per heavy atom. The molecule has 0 aliphatic carbocycles. The fourth-order valence-electron chi connectivity index (χ4n) is 4.99. The number of hydrogen-bond donors (Lipinski definition) is 2. The van der Waals surface area contributed by atoms with Crippen LogP contribution in [-0.4, -0.2) is 88.7 Å². The van der Waals surface area contributed by atoms with Crippen LogP contribution < -0.4 is 5.32 Å². The molecule has 11 nitrogen and oxygen atoms in total. The molecule has 12 heteroatoms. The van der Waals surface area contributed by atoms with Crippen molar-refractivity contribution >= 4 is 35.1 Å². The zero-order chi connectivity index (χ0) is 30.7. The van der Waals surface area contributed by atoms with Gasteiger partial charge in [0, 0.05) is 24.8 Å². The Morgan fingerprint density at radius 1 is 1.29 bits per heavy atom. The van der Waals surface area contributed by atoms with Crippen molar-refractivity contribution in [3.8, 4) is 0 Å². The number of amides is 2. The van der Waals surface area contributed by atoms with Crippen molar-refractivity contribution in [3.05, 3.63) is 28.7 Å². The molecule has 1 fully saturated rings. The largest absolute Gasteiger partial charge is 0.476 e. The van der Waals surface area contributed by atoms with Crippen LogP contribution in [0.25, 0.3) is 0 Å². The number of carbonyl (C=O) groups is 4. The van der Waals surface area contributed by atoms with Gasteiger partial charge in [-0.1, -0.05) is 46.6 Å². The second kappa shape index (κ2) is 16.6. The molecule has 0 saturated carbocycles. The minimum absolute atomic E-state index is 0.0646. The van der Waals surface area contributed by atoms with E-state index in [4.69, 9.17) is 9.47 Å². The summed E-state index contributed by atoms with van der Waals surface area (Å²) >= 11 is 1.08. The molecule has 2 N–H and O–H groups in total. The highest BCUT2D eigenvalue weighted by atomic mass is 32.1. The van der Waals surface area contributed by atoms with E-state index in [1.807, 2.05) is 39.6 Å². The lowest BCUT2D eigenvalue weighted by Gasteiger charge is -2.39. The number of carboxylic acid groups (broad SMARTS) is 1. The fraction of sp³-hybridized carbons (Fsp3) is 0.690. The van der Waals surface area contributed by atoms with E-state index in [1.54, 1.807) is 11.0 Å². The summed E-state index contributed by atoms with van der Waals surface area (Å²) in [6, 6.07) is -1.58. The Morgan fingerprint density at radius 3 is 2.54 bits per heavy atom. The first-order chi connectivity index (χ1) is 19.4. The molecule has 0 radical (unpaired) electrons. The van der Waals surface area contributed by atoms with Crippen molar-refractivity contribution in [2.24, 2.45) is 11.8 Å². The predicted molar refractivity (Wildman–Crippen MR) is 156 cm³/mol. The number of ether oxygens (including phenoxy) is 2. The van der Waals surface area contributed by atoms with Gasteiger partial charge in [0.2, 0.25) is 11.8 Å². The van der Waals surface area contributed by atoms with Crippen LogP contribution in [0.3, 0.4) is 0 Å². The van der Waals surface area contributed by atoms with E-state index in [0.717, 1.165) is 37.1 Å². The smallest absolute Gasteiger partial charge is 0.355 e. The standard InChI is InChI=1S/C29H46N4O7S/c1-8-14-39-17-33(28(36)25(19(5)9-2)31-26(35)22-12-10-11-13-32(22)7)23(18(3)4)15-24(40-20(6)34)27-30-21(16-41-27)29(37)38/h8,16,18-19,22-25H,1,9-15,17H2,2-7H3,(H,31,35)(H,37,38)/t19?,22-,23-,24-,25+/m1/s1. The van der Waals surface area contributed by atoms with Gasteiger partial charge in [0.15, 0.2) is 11.8 Å². The number of carboxylic acids is 1. The molecule has 0 bridgehead atoms. The number of nitrogens with one attached hydrogen (secondary N) is 1. The average Bonchev–Trinajstić information content (AvgIpc) is 3.42. The van der Waals surface area contributed by atoms with Gasteiger partial charge >= 0.3 is 11.9 Å². The van der Waals surface area contributed by atoms with Crippen molar-refractivity contribution < 1.29 is 33.8 Å². The second-order valence-corrected chi connectivity index (χ2v) is 11.9. The highest BCUT2D eigenvalue weighted by molar-refractivity contribution is 7.09. The molecule has 1 aliphatic heterocycles. The van der Waals surface area contributed by atoms with Gasteiger partial charge in [-0.05, 0) is 38.3 Å². The van der Waals surface area contributed by atoms with Crippen molar-refractivity contribution in [2.45, 2.75) is 91.0 Å². The van der Waals surface area contributed by atoms with Gasteiger partial charge in [0.1, 0.15) is 17.8 Å². The molecule has 1 aliphatic rings. The van der Waals surface area contributed by atoms with Crippen LogP contribution in [0, 0.1) is 11.8 Å². The third-order valence-electron chi connectivity index (χ3n) is 7.55. The number of nitrogens with zero attached hydrogens (tertiary/aromatic N) is 3. The maximum absolute atomic E-state index is 14.3. The van der Waals surface area contributed by atoms with Gasteiger partial charge in [0.05, 0.1) is 12.6 Å². The summed E-state index contributed by atoms with van der Waals surface area (Å²) in [4.78, 5) is 59.0. The van der Waals surface area contributed by atoms with E-state index in [1.165, 1.54) is 12.3 Å². The van der Waals surface area contributed by atoms with Crippen LogP contribution in [0.2, 0.25) is 0 Å². The molecular formula is C29H46N4O7S. The maximum atomic E-state index is 14.3. The van der Waals surface area contributed by atoms with Crippen LogP contribution in [0.5, 0.6) is 0 Å². The van der Waals surface area contributed by atoms with Crippen LogP contribution in [0.1, 0.15) is 88.3 Å². The molecule has 41 heavy (non-hydrogen) atoms. The zero-order valence-electron chi connectivity index (χ0n) is 25.1. The summed E-state index contributed by atoms with van der Waals surface area (Å²) < 4.78 is 11.4. The van der Waals surface area contributed by atoms with Gasteiger partial charge in [-0.25, -0.2) is 9.78 Å². The summed E-state index contributed by atoms with van der Waals surface area (Å²) in [6.45, 7) is 13.7. The summed E-state index contributed by atoms with van der Waals surface area (Å²) in [5.41, 5.74) is -0.141. The van der Waals surface area contributed by atoms with Gasteiger partial charge in [-0.2, -0.15) is 0 Å². The lowest BCUT2D eigenvalue weighted by Crippen LogP contribution is -2.59. The molecule has 230 valence electrons. The number of carbonyl (C=O) groups excluding carboxylic acids is 3. The number of piperidine rings is 1. The average molecular weight is 595 g/mol. The Hall–Kier alpha value is -2.83. The highest BCUT2D eigenvalue weighted by Gasteiger charge is 2.38. The molecule has 1 aromatic heterocycles. The van der Waals surface area contributed by atoms with Crippen LogP contribution >= 0.6 is 11.3 Å². The second-order valence-electron chi connectivity index (χ2n) is 11.0. The molecule has 2 amide bonds. The quantitative estimate of drug-likeness (QED) is 0.126. The lowest BCUT2D eigenvalue weighted by atomic mass is 9.92. The third kappa shape index (κ3) is 9.89. The van der Waals surface area contributed by atoms with E-state index in [0.29, 0.717) is 11.4 Å². The Bertz CT molecular complexity index is 1050. The molecule has 1 unspecified atom stereocenters. The topological polar surface area (TPSA) is 138 Å². The molecule has 0 aromatic carbocycles. The number of aromatic carboxylic acids is 1. The summed E-state index contributed by atoms with van der Waals surface area (Å²) in [6.07, 6.45) is 4.28. The summed E-state index contributed by atoms with van der Waals surface area (Å²) in [5, 5.41) is 14.1. The number of likely N-dealkylation sites (tertiary alicyclic amines) is 1. The number of hydrogen-bond acceptors (Lipinski definition) is 9. The first-order valence-electron chi connectivity index (χ1n) is 14.3. The van der Waals surface area contributed by atoms with Crippen LogP contribution in [0.15, 0.2) is 18.0 Å². The van der Waals surface area contributed by atoms with Crippen molar-refractivity contribution in [3.63, 3.8) is 0 Å². The van der Waals surface area contributed by atoms with E-state index in [9.17, 15) is 24.3 Å². The van der Waals surface area contributed by atoms with E-state index >= 15 is 0 Å². The Balaban J connectivity index is 2.43. The molecule has 0 spiro atoms. The molecule has 1 aromatic rings. The minimum atomic E-state index is -1.18. The number of rotatable bonds is 16. The molecular weight excluding hydrogens is 548 g/mol. The minimum Gasteiger partial charge on any atom is -0.476 e. The summed E-state index contributed by atoms with van der Waals surface area (Å²) in [7, 11) is 1.93. The van der Waals surface area contributed by atoms with Crippen LogP contribution in [-0.2, 0) is 23.9 Å². The third-order valence-corrected chi connectivity index (χ3v) is 8.49. The fourth-order valence-corrected chi connectivity index (χ4v) is 5.82. The number of aromatic nitrogens is 1. The Labute approximate surface area is 247 Å². The van der Waals surface area contributed by atoms with Crippen molar-refractivity contribution in [1.29, 1.82) is 0 Å².